The molecule has 0 spiro atoms. The van der Waals surface area contributed by atoms with Crippen LogP contribution in [0, 0.1) is 0 Å². The Morgan fingerprint density at radius 1 is 1.39 bits per heavy atom. The predicted octanol–water partition coefficient (Wildman–Crippen LogP) is 3.38. The molecule has 2 N–H and O–H groups in total. The van der Waals surface area contributed by atoms with Crippen LogP contribution >= 0.6 is 22.9 Å². The third-order valence-corrected chi connectivity index (χ3v) is 3.57. The van der Waals surface area contributed by atoms with Gasteiger partial charge in [-0.05, 0) is 29.6 Å². The molecule has 1 aromatic carbocycles. The van der Waals surface area contributed by atoms with Gasteiger partial charge in [0.2, 0.25) is 0 Å². The van der Waals surface area contributed by atoms with E-state index in [4.69, 9.17) is 22.1 Å². The van der Waals surface area contributed by atoms with Crippen molar-refractivity contribution in [2.75, 3.05) is 12.3 Å². The lowest BCUT2D eigenvalue weighted by Crippen LogP contribution is -2.10. The summed E-state index contributed by atoms with van der Waals surface area (Å²) in [7, 11) is 0. The number of anilines is 1. The number of thiophene rings is 1. The molecular formula is C13H12ClNO2S. The zero-order valence-electron chi connectivity index (χ0n) is 9.56. The Kier molecular flexibility index (Phi) is 4.23. The van der Waals surface area contributed by atoms with Gasteiger partial charge in [0.15, 0.2) is 0 Å². The normalized spacial score (nSPS) is 10.3. The molecule has 0 bridgehead atoms. The first-order valence-corrected chi connectivity index (χ1v) is 6.67. The standard InChI is InChI=1S/C13H12ClNO2S/c14-9-3-4-11(12(15)8-9)13(16)17-6-5-10-2-1-7-18-10/h1-4,7-8H,5-6,15H2. The molecule has 0 unspecified atom stereocenters. The van der Waals surface area contributed by atoms with Crippen LogP contribution in [0.5, 0.6) is 0 Å². The first-order chi connectivity index (χ1) is 8.66. The van der Waals surface area contributed by atoms with Crippen LogP contribution in [-0.4, -0.2) is 12.6 Å². The Balaban J connectivity index is 1.91. The van der Waals surface area contributed by atoms with Crippen LogP contribution in [0.1, 0.15) is 15.2 Å². The van der Waals surface area contributed by atoms with Gasteiger partial charge < -0.3 is 10.5 Å². The number of nitrogen functional groups attached to an aromatic ring is 1. The lowest BCUT2D eigenvalue weighted by molar-refractivity contribution is 0.0511. The van der Waals surface area contributed by atoms with Crippen LogP contribution in [0.25, 0.3) is 0 Å². The van der Waals surface area contributed by atoms with Crippen LogP contribution < -0.4 is 5.73 Å². The highest BCUT2D eigenvalue weighted by molar-refractivity contribution is 7.09. The fourth-order valence-electron chi connectivity index (χ4n) is 1.50. The number of nitrogens with two attached hydrogens (primary N) is 1. The van der Waals surface area contributed by atoms with Gasteiger partial charge in [0, 0.05) is 22.0 Å². The molecule has 1 aromatic heterocycles. The van der Waals surface area contributed by atoms with E-state index in [1.807, 2.05) is 17.5 Å². The lowest BCUT2D eigenvalue weighted by Gasteiger charge is -2.06. The van der Waals surface area contributed by atoms with Crippen molar-refractivity contribution in [3.8, 4) is 0 Å². The Labute approximate surface area is 114 Å². The molecule has 0 radical (unpaired) electrons. The first kappa shape index (κ1) is 12.9. The summed E-state index contributed by atoms with van der Waals surface area (Å²) in [6, 6.07) is 8.71. The number of carbonyl (C=O) groups is 1. The highest BCUT2D eigenvalue weighted by atomic mass is 35.5. The second kappa shape index (κ2) is 5.89. The van der Waals surface area contributed by atoms with Gasteiger partial charge >= 0.3 is 5.97 Å². The molecule has 2 rings (SSSR count). The number of rotatable bonds is 4. The molecule has 0 saturated carbocycles. The summed E-state index contributed by atoms with van der Waals surface area (Å²) >= 11 is 7.40. The molecule has 18 heavy (non-hydrogen) atoms. The monoisotopic (exact) mass is 281 g/mol. The topological polar surface area (TPSA) is 52.3 Å². The zero-order valence-corrected chi connectivity index (χ0v) is 11.1. The minimum atomic E-state index is -0.416. The molecule has 0 amide bonds. The smallest absolute Gasteiger partial charge is 0.340 e. The number of hydrogen-bond donors (Lipinski definition) is 1. The fraction of sp³-hybridized carbons (Fsp3) is 0.154. The molecule has 0 saturated heterocycles. The molecule has 0 aliphatic rings. The SMILES string of the molecule is Nc1cc(Cl)ccc1C(=O)OCCc1cccs1. The largest absolute Gasteiger partial charge is 0.462 e. The average Bonchev–Trinajstić information content (AvgIpc) is 2.81. The Morgan fingerprint density at radius 2 is 2.22 bits per heavy atom. The number of hydrogen-bond acceptors (Lipinski definition) is 4. The minimum absolute atomic E-state index is 0.337. The first-order valence-electron chi connectivity index (χ1n) is 5.41. The summed E-state index contributed by atoms with van der Waals surface area (Å²) in [4.78, 5) is 13.0. The average molecular weight is 282 g/mol. The van der Waals surface area contributed by atoms with Crippen LogP contribution in [0.15, 0.2) is 35.7 Å². The van der Waals surface area contributed by atoms with Crippen LogP contribution in [-0.2, 0) is 11.2 Å². The van der Waals surface area contributed by atoms with E-state index in [1.54, 1.807) is 23.5 Å². The highest BCUT2D eigenvalue weighted by Gasteiger charge is 2.11. The van der Waals surface area contributed by atoms with Crippen molar-refractivity contribution in [3.05, 3.63) is 51.2 Å². The second-order valence-electron chi connectivity index (χ2n) is 3.70. The number of carbonyl (C=O) groups excluding carboxylic acids is 1. The molecule has 0 aliphatic carbocycles. The summed E-state index contributed by atoms with van der Waals surface area (Å²) in [6.45, 7) is 0.349. The predicted molar refractivity (Wildman–Crippen MR) is 74.2 cm³/mol. The van der Waals surface area contributed by atoms with E-state index >= 15 is 0 Å². The summed E-state index contributed by atoms with van der Waals surface area (Å²) < 4.78 is 5.17. The van der Waals surface area contributed by atoms with Gasteiger partial charge in [-0.3, -0.25) is 0 Å². The summed E-state index contributed by atoms with van der Waals surface area (Å²) in [6.07, 6.45) is 0.719. The molecule has 5 heteroatoms. The van der Waals surface area contributed by atoms with Crippen LogP contribution in [0.3, 0.4) is 0 Å². The second-order valence-corrected chi connectivity index (χ2v) is 5.17. The van der Waals surface area contributed by atoms with Gasteiger partial charge in [0.05, 0.1) is 12.2 Å². The van der Waals surface area contributed by atoms with Gasteiger partial charge in [-0.25, -0.2) is 4.79 Å². The quantitative estimate of drug-likeness (QED) is 0.690. The molecule has 0 aliphatic heterocycles. The molecule has 1 heterocycles. The third kappa shape index (κ3) is 3.24. The van der Waals surface area contributed by atoms with Crippen molar-refractivity contribution in [1.29, 1.82) is 0 Å². The van der Waals surface area contributed by atoms with Crippen molar-refractivity contribution in [2.45, 2.75) is 6.42 Å². The van der Waals surface area contributed by atoms with E-state index in [0.717, 1.165) is 6.42 Å². The Morgan fingerprint density at radius 3 is 2.89 bits per heavy atom. The van der Waals surface area contributed by atoms with Gasteiger partial charge in [-0.1, -0.05) is 17.7 Å². The lowest BCUT2D eigenvalue weighted by atomic mass is 10.2. The maximum atomic E-state index is 11.8. The van der Waals surface area contributed by atoms with Crippen molar-refractivity contribution in [1.82, 2.24) is 0 Å². The minimum Gasteiger partial charge on any atom is -0.462 e. The maximum Gasteiger partial charge on any atom is 0.340 e. The van der Waals surface area contributed by atoms with E-state index < -0.39 is 5.97 Å². The third-order valence-electron chi connectivity index (χ3n) is 2.40. The highest BCUT2D eigenvalue weighted by Crippen LogP contribution is 2.19. The molecule has 2 aromatic rings. The van der Waals surface area contributed by atoms with E-state index in [2.05, 4.69) is 0 Å². The van der Waals surface area contributed by atoms with E-state index in [-0.39, 0.29) is 0 Å². The molecule has 3 nitrogen and oxygen atoms in total. The van der Waals surface area contributed by atoms with Crippen molar-refractivity contribution in [2.24, 2.45) is 0 Å². The van der Waals surface area contributed by atoms with Crippen molar-refractivity contribution >= 4 is 34.6 Å². The van der Waals surface area contributed by atoms with Gasteiger partial charge in [-0.15, -0.1) is 11.3 Å². The summed E-state index contributed by atoms with van der Waals surface area (Å²) in [5.41, 5.74) is 6.39. The number of halogens is 1. The van der Waals surface area contributed by atoms with E-state index in [1.165, 1.54) is 10.9 Å². The maximum absolute atomic E-state index is 11.8. The Hall–Kier alpha value is -1.52. The van der Waals surface area contributed by atoms with Crippen LogP contribution in [0.4, 0.5) is 5.69 Å². The zero-order chi connectivity index (χ0) is 13.0. The van der Waals surface area contributed by atoms with Gasteiger partial charge in [-0.2, -0.15) is 0 Å². The molecule has 94 valence electrons. The summed E-state index contributed by atoms with van der Waals surface area (Å²) in [5, 5.41) is 2.50. The van der Waals surface area contributed by atoms with Gasteiger partial charge in [0.1, 0.15) is 0 Å². The van der Waals surface area contributed by atoms with E-state index in [0.29, 0.717) is 22.9 Å². The number of benzene rings is 1. The van der Waals surface area contributed by atoms with Gasteiger partial charge in [0.25, 0.3) is 0 Å². The number of ether oxygens (including phenoxy) is 1. The van der Waals surface area contributed by atoms with Crippen molar-refractivity contribution < 1.29 is 9.53 Å². The van der Waals surface area contributed by atoms with Crippen molar-refractivity contribution in [3.63, 3.8) is 0 Å². The summed E-state index contributed by atoms with van der Waals surface area (Å²) in [5.74, 6) is -0.416. The molecule has 0 fully saturated rings. The molecular weight excluding hydrogens is 270 g/mol. The van der Waals surface area contributed by atoms with E-state index in [9.17, 15) is 4.79 Å². The van der Waals surface area contributed by atoms with Crippen LogP contribution in [0.2, 0.25) is 5.02 Å². The Bertz CT molecular complexity index is 540. The fourth-order valence-corrected chi connectivity index (χ4v) is 2.37. The molecule has 0 atom stereocenters. The number of esters is 1.